The molecule has 0 unspecified atom stereocenters. The minimum absolute atomic E-state index is 0.228. The lowest BCUT2D eigenvalue weighted by Crippen LogP contribution is -2.23. The number of carbonyl (C=O) groups is 1. The minimum Gasteiger partial charge on any atom is -0.481 e. The first-order valence-corrected chi connectivity index (χ1v) is 8.05. The summed E-state index contributed by atoms with van der Waals surface area (Å²) in [7, 11) is 0. The van der Waals surface area contributed by atoms with Gasteiger partial charge in [-0.3, -0.25) is 4.79 Å². The summed E-state index contributed by atoms with van der Waals surface area (Å²) in [5.41, 5.74) is 6.49. The molecular weight excluding hydrogens is 266 g/mol. The van der Waals surface area contributed by atoms with Gasteiger partial charge in [0.1, 0.15) is 0 Å². The van der Waals surface area contributed by atoms with Crippen molar-refractivity contribution in [3.63, 3.8) is 0 Å². The molecule has 2 atom stereocenters. The molecule has 0 amide bonds. The van der Waals surface area contributed by atoms with E-state index in [0.29, 0.717) is 25.4 Å². The quantitative estimate of drug-likeness (QED) is 0.809. The number of nitrogens with two attached hydrogens (primary N) is 1. The summed E-state index contributed by atoms with van der Waals surface area (Å²) in [5.74, 6) is -0.910. The Labute approximate surface area is 126 Å². The summed E-state index contributed by atoms with van der Waals surface area (Å²) in [5, 5.41) is 9.36. The second kappa shape index (κ2) is 7.59. The maximum Gasteiger partial charge on any atom is 0.306 e. The number of hydrogen-bond acceptors (Lipinski definition) is 3. The molecule has 0 aliphatic heterocycles. The van der Waals surface area contributed by atoms with Gasteiger partial charge in [-0.15, -0.1) is 0 Å². The number of rotatable bonds is 7. The number of hydrogen-bond donors (Lipinski definition) is 2. The van der Waals surface area contributed by atoms with Crippen LogP contribution >= 0.6 is 0 Å². The average Bonchev–Trinajstić information content (AvgIpc) is 2.95. The fourth-order valence-electron chi connectivity index (χ4n) is 3.17. The molecule has 1 aliphatic rings. The van der Waals surface area contributed by atoms with Crippen LogP contribution in [0.2, 0.25) is 0 Å². The van der Waals surface area contributed by atoms with Crippen LogP contribution in [0, 0.1) is 11.8 Å². The second-order valence-corrected chi connectivity index (χ2v) is 6.42. The van der Waals surface area contributed by atoms with Crippen LogP contribution in [0.4, 0.5) is 0 Å². The van der Waals surface area contributed by atoms with Crippen molar-refractivity contribution < 1.29 is 9.90 Å². The number of imidazole rings is 1. The van der Waals surface area contributed by atoms with Crippen LogP contribution in [-0.2, 0) is 11.2 Å². The van der Waals surface area contributed by atoms with Gasteiger partial charge in [-0.2, -0.15) is 0 Å². The number of carboxylic acids is 1. The van der Waals surface area contributed by atoms with Gasteiger partial charge in [-0.1, -0.05) is 26.2 Å². The largest absolute Gasteiger partial charge is 0.481 e. The first-order chi connectivity index (χ1) is 10.1. The average molecular weight is 293 g/mol. The monoisotopic (exact) mass is 293 g/mol. The third kappa shape index (κ3) is 4.56. The van der Waals surface area contributed by atoms with E-state index in [1.807, 2.05) is 19.4 Å². The Hall–Kier alpha value is -1.36. The van der Waals surface area contributed by atoms with Crippen LogP contribution in [-0.4, -0.2) is 27.2 Å². The van der Waals surface area contributed by atoms with Crippen molar-refractivity contribution in [1.82, 2.24) is 9.55 Å². The maximum absolute atomic E-state index is 11.4. The Morgan fingerprint density at radius 1 is 1.48 bits per heavy atom. The Kier molecular flexibility index (Phi) is 5.79. The van der Waals surface area contributed by atoms with E-state index in [2.05, 4.69) is 9.55 Å². The molecule has 1 heterocycles. The van der Waals surface area contributed by atoms with Crippen molar-refractivity contribution in [3.8, 4) is 0 Å². The van der Waals surface area contributed by atoms with Gasteiger partial charge in [0.15, 0.2) is 0 Å². The predicted octanol–water partition coefficient (Wildman–Crippen LogP) is 2.62. The molecule has 21 heavy (non-hydrogen) atoms. The molecule has 1 aromatic rings. The molecule has 1 fully saturated rings. The lowest BCUT2D eigenvalue weighted by molar-refractivity contribution is -0.142. The van der Waals surface area contributed by atoms with Gasteiger partial charge in [0.25, 0.3) is 0 Å². The third-order valence-electron chi connectivity index (χ3n) is 4.55. The minimum atomic E-state index is -0.748. The molecule has 1 aromatic heterocycles. The van der Waals surface area contributed by atoms with Crippen molar-refractivity contribution in [2.75, 3.05) is 6.54 Å². The van der Waals surface area contributed by atoms with Crippen LogP contribution in [0.15, 0.2) is 12.5 Å². The van der Waals surface area contributed by atoms with E-state index in [0.717, 1.165) is 5.69 Å². The van der Waals surface area contributed by atoms with E-state index in [1.165, 1.54) is 32.1 Å². The van der Waals surface area contributed by atoms with Gasteiger partial charge in [0.2, 0.25) is 0 Å². The van der Waals surface area contributed by atoms with Crippen LogP contribution < -0.4 is 5.73 Å². The first-order valence-electron chi connectivity index (χ1n) is 8.05. The van der Waals surface area contributed by atoms with Gasteiger partial charge >= 0.3 is 5.97 Å². The summed E-state index contributed by atoms with van der Waals surface area (Å²) in [6.45, 7) is 2.52. The van der Waals surface area contributed by atoms with Crippen molar-refractivity contribution in [2.24, 2.45) is 17.6 Å². The summed E-state index contributed by atoms with van der Waals surface area (Å²) in [6, 6.07) is 0.547. The van der Waals surface area contributed by atoms with Crippen LogP contribution in [0.25, 0.3) is 0 Å². The summed E-state index contributed by atoms with van der Waals surface area (Å²) in [4.78, 5) is 15.8. The van der Waals surface area contributed by atoms with E-state index >= 15 is 0 Å². The Morgan fingerprint density at radius 2 is 2.19 bits per heavy atom. The highest BCUT2D eigenvalue weighted by atomic mass is 16.4. The van der Waals surface area contributed by atoms with E-state index in [9.17, 15) is 9.90 Å². The lowest BCUT2D eigenvalue weighted by atomic mass is 9.92. The Morgan fingerprint density at radius 3 is 2.81 bits per heavy atom. The second-order valence-electron chi connectivity index (χ2n) is 6.42. The topological polar surface area (TPSA) is 81.1 Å². The number of aliphatic carboxylic acids is 1. The highest BCUT2D eigenvalue weighted by Gasteiger charge is 2.22. The molecule has 0 saturated heterocycles. The Balaban J connectivity index is 1.97. The van der Waals surface area contributed by atoms with Gasteiger partial charge in [-0.25, -0.2) is 4.98 Å². The third-order valence-corrected chi connectivity index (χ3v) is 4.55. The fourth-order valence-corrected chi connectivity index (χ4v) is 3.17. The molecule has 118 valence electrons. The van der Waals surface area contributed by atoms with E-state index < -0.39 is 11.9 Å². The number of aromatic nitrogens is 2. The van der Waals surface area contributed by atoms with Crippen LogP contribution in [0.3, 0.4) is 0 Å². The maximum atomic E-state index is 11.4. The van der Waals surface area contributed by atoms with Crippen molar-refractivity contribution in [1.29, 1.82) is 0 Å². The van der Waals surface area contributed by atoms with Gasteiger partial charge < -0.3 is 15.4 Å². The van der Waals surface area contributed by atoms with Gasteiger partial charge in [0.05, 0.1) is 17.9 Å². The lowest BCUT2D eigenvalue weighted by Gasteiger charge is -2.22. The summed E-state index contributed by atoms with van der Waals surface area (Å²) >= 11 is 0. The van der Waals surface area contributed by atoms with Gasteiger partial charge in [-0.05, 0) is 31.7 Å². The normalized spacial score (nSPS) is 19.3. The molecule has 1 aliphatic carbocycles. The first kappa shape index (κ1) is 16.0. The zero-order chi connectivity index (χ0) is 15.2. The van der Waals surface area contributed by atoms with Crippen molar-refractivity contribution in [2.45, 2.75) is 57.9 Å². The van der Waals surface area contributed by atoms with E-state index in [1.54, 1.807) is 0 Å². The highest BCUT2D eigenvalue weighted by molar-refractivity contribution is 5.70. The summed E-state index contributed by atoms with van der Waals surface area (Å²) < 4.78 is 2.18. The van der Waals surface area contributed by atoms with Crippen LogP contribution in [0.5, 0.6) is 0 Å². The zero-order valence-electron chi connectivity index (χ0n) is 12.9. The zero-order valence-corrected chi connectivity index (χ0v) is 12.9. The molecule has 0 aromatic carbocycles. The molecule has 2 rings (SSSR count). The molecular formula is C16H27N3O2. The molecule has 5 nitrogen and oxygen atoms in total. The summed E-state index contributed by atoms with van der Waals surface area (Å²) in [6.07, 6.45) is 11.3. The standard InChI is InChI=1S/C16H27N3O2/c1-12(9-17)7-13(16(20)21)8-14-10-19(11-18-14)15-5-3-2-4-6-15/h10-13,15H,2-9,17H2,1H3,(H,20,21)/t12-,13-/m1/s1. The van der Waals surface area contributed by atoms with Crippen LogP contribution in [0.1, 0.15) is 57.2 Å². The number of carboxylic acid groups (broad SMARTS) is 1. The van der Waals surface area contributed by atoms with Gasteiger partial charge in [0, 0.05) is 18.7 Å². The smallest absolute Gasteiger partial charge is 0.306 e. The molecule has 0 radical (unpaired) electrons. The SMILES string of the molecule is C[C@@H](CN)C[C@H](Cc1cn(C2CCCCC2)cn1)C(=O)O. The highest BCUT2D eigenvalue weighted by Crippen LogP contribution is 2.28. The number of nitrogens with zero attached hydrogens (tertiary/aromatic N) is 2. The molecule has 5 heteroatoms. The predicted molar refractivity (Wildman–Crippen MR) is 82.0 cm³/mol. The molecule has 3 N–H and O–H groups in total. The fraction of sp³-hybridized carbons (Fsp3) is 0.750. The molecule has 0 spiro atoms. The van der Waals surface area contributed by atoms with E-state index in [4.69, 9.17) is 5.73 Å². The Bertz CT molecular complexity index is 452. The van der Waals surface area contributed by atoms with Crippen molar-refractivity contribution in [3.05, 3.63) is 18.2 Å². The molecule has 0 bridgehead atoms. The van der Waals surface area contributed by atoms with E-state index in [-0.39, 0.29) is 5.92 Å². The van der Waals surface area contributed by atoms with Crippen molar-refractivity contribution >= 4 is 5.97 Å². The molecule has 1 saturated carbocycles.